The first-order chi connectivity index (χ1) is 11.6. The molecule has 1 N–H and O–H groups in total. The van der Waals surface area contributed by atoms with Gasteiger partial charge >= 0.3 is 0 Å². The summed E-state index contributed by atoms with van der Waals surface area (Å²) in [5, 5.41) is 2.61. The molecule has 1 atom stereocenters. The largest absolute Gasteiger partial charge is 0.324 e. The average molecular weight is 364 g/mol. The van der Waals surface area contributed by atoms with Crippen LogP contribution in [0.25, 0.3) is 0 Å². The molecule has 134 valence electrons. The van der Waals surface area contributed by atoms with Crippen molar-refractivity contribution in [3.63, 3.8) is 0 Å². The van der Waals surface area contributed by atoms with Gasteiger partial charge in [-0.05, 0) is 68.3 Å². The highest BCUT2D eigenvalue weighted by atomic mass is 32.2. The minimum absolute atomic E-state index is 0.395. The second kappa shape index (κ2) is 7.23. The number of nitrogens with one attached hydrogen (secondary N) is 1. The normalized spacial score (nSPS) is 12.5. The Bertz CT molecular complexity index is 880. The second-order valence-corrected chi connectivity index (χ2v) is 7.86. The van der Waals surface area contributed by atoms with Crippen LogP contribution in [0.2, 0.25) is 0 Å². The Morgan fingerprint density at radius 2 is 1.68 bits per heavy atom. The minimum Gasteiger partial charge on any atom is -0.324 e. The second-order valence-electron chi connectivity index (χ2n) is 6.00. The third-order valence-electron chi connectivity index (χ3n) is 3.95. The van der Waals surface area contributed by atoms with Gasteiger partial charge in [0.1, 0.15) is 11.9 Å². The van der Waals surface area contributed by atoms with Crippen molar-refractivity contribution in [3.8, 4) is 0 Å². The number of anilines is 2. The lowest BCUT2D eigenvalue weighted by Crippen LogP contribution is -2.45. The molecule has 0 aliphatic carbocycles. The number of aryl methyl sites for hydroxylation is 2. The molecular formula is C18H21FN2O3S. The van der Waals surface area contributed by atoms with Gasteiger partial charge in [0.2, 0.25) is 15.9 Å². The van der Waals surface area contributed by atoms with Gasteiger partial charge in [-0.15, -0.1) is 0 Å². The molecule has 0 aromatic heterocycles. The summed E-state index contributed by atoms with van der Waals surface area (Å²) in [6, 6.07) is 9.52. The highest BCUT2D eigenvalue weighted by Crippen LogP contribution is 2.24. The summed E-state index contributed by atoms with van der Waals surface area (Å²) >= 11 is 0. The molecule has 0 bridgehead atoms. The molecule has 0 radical (unpaired) electrons. The van der Waals surface area contributed by atoms with Crippen molar-refractivity contribution in [3.05, 3.63) is 59.4 Å². The molecule has 0 aliphatic heterocycles. The van der Waals surface area contributed by atoms with Gasteiger partial charge in [-0.3, -0.25) is 9.10 Å². The number of nitrogens with zero attached hydrogens (tertiary/aromatic N) is 1. The standard InChI is InChI=1S/C18H21FN2O3S/c1-12-5-10-17(11-13(12)2)21(25(4,23)24)14(3)18(22)20-16-8-6-15(19)7-9-16/h5-11,14H,1-4H3,(H,20,22). The van der Waals surface area contributed by atoms with Gasteiger partial charge in [-0.2, -0.15) is 0 Å². The Labute approximate surface area is 147 Å². The van der Waals surface area contributed by atoms with Gasteiger partial charge in [-0.25, -0.2) is 12.8 Å². The van der Waals surface area contributed by atoms with Crippen LogP contribution in [0.5, 0.6) is 0 Å². The van der Waals surface area contributed by atoms with E-state index in [0.717, 1.165) is 21.7 Å². The summed E-state index contributed by atoms with van der Waals surface area (Å²) in [6.45, 7) is 5.31. The fourth-order valence-electron chi connectivity index (χ4n) is 2.45. The molecule has 25 heavy (non-hydrogen) atoms. The van der Waals surface area contributed by atoms with Gasteiger partial charge in [0, 0.05) is 5.69 Å². The Balaban J connectivity index is 2.32. The third-order valence-corrected chi connectivity index (χ3v) is 5.19. The monoisotopic (exact) mass is 364 g/mol. The molecule has 0 saturated heterocycles. The number of hydrogen-bond acceptors (Lipinski definition) is 3. The average Bonchev–Trinajstić information content (AvgIpc) is 2.51. The van der Waals surface area contributed by atoms with E-state index in [2.05, 4.69) is 5.32 Å². The summed E-state index contributed by atoms with van der Waals surface area (Å²) in [6.07, 6.45) is 1.06. The van der Waals surface area contributed by atoms with Crippen LogP contribution in [-0.2, 0) is 14.8 Å². The smallest absolute Gasteiger partial charge is 0.247 e. The summed E-state index contributed by atoms with van der Waals surface area (Å²) in [5.74, 6) is -0.922. The van der Waals surface area contributed by atoms with Gasteiger partial charge in [0.25, 0.3) is 0 Å². The van der Waals surface area contributed by atoms with Crippen LogP contribution in [0.4, 0.5) is 15.8 Å². The maximum atomic E-state index is 13.0. The molecule has 0 aliphatic rings. The van der Waals surface area contributed by atoms with Gasteiger partial charge in [-0.1, -0.05) is 6.07 Å². The number of carbonyl (C=O) groups is 1. The van der Waals surface area contributed by atoms with E-state index in [1.54, 1.807) is 12.1 Å². The zero-order chi connectivity index (χ0) is 18.8. The summed E-state index contributed by atoms with van der Waals surface area (Å²) in [7, 11) is -3.68. The molecule has 2 aromatic rings. The minimum atomic E-state index is -3.68. The van der Waals surface area contributed by atoms with Crippen LogP contribution in [0.15, 0.2) is 42.5 Å². The van der Waals surface area contributed by atoms with E-state index >= 15 is 0 Å². The van der Waals surface area contributed by atoms with Crippen molar-refractivity contribution in [2.24, 2.45) is 0 Å². The van der Waals surface area contributed by atoms with Crippen LogP contribution in [0.1, 0.15) is 18.1 Å². The van der Waals surface area contributed by atoms with E-state index < -0.39 is 27.8 Å². The number of amides is 1. The van der Waals surface area contributed by atoms with Crippen LogP contribution in [0, 0.1) is 19.7 Å². The van der Waals surface area contributed by atoms with Crippen LogP contribution in [0.3, 0.4) is 0 Å². The van der Waals surface area contributed by atoms with E-state index in [4.69, 9.17) is 0 Å². The lowest BCUT2D eigenvalue weighted by molar-refractivity contribution is -0.116. The van der Waals surface area contributed by atoms with Gasteiger partial charge in [0.15, 0.2) is 0 Å². The first-order valence-corrected chi connectivity index (χ1v) is 9.57. The molecular weight excluding hydrogens is 343 g/mol. The third kappa shape index (κ3) is 4.57. The van der Waals surface area contributed by atoms with Crippen molar-refractivity contribution in [1.29, 1.82) is 0 Å². The predicted octanol–water partition coefficient (Wildman–Crippen LogP) is 3.24. The Morgan fingerprint density at radius 3 is 2.20 bits per heavy atom. The SMILES string of the molecule is Cc1ccc(N(C(C)C(=O)Nc2ccc(F)cc2)S(C)(=O)=O)cc1C. The predicted molar refractivity (Wildman–Crippen MR) is 97.7 cm³/mol. The number of benzene rings is 2. The fraction of sp³-hybridized carbons (Fsp3) is 0.278. The molecule has 0 fully saturated rings. The van der Waals surface area contributed by atoms with E-state index in [1.165, 1.54) is 31.2 Å². The van der Waals surface area contributed by atoms with Crippen LogP contribution < -0.4 is 9.62 Å². The van der Waals surface area contributed by atoms with E-state index in [-0.39, 0.29) is 0 Å². The highest BCUT2D eigenvalue weighted by molar-refractivity contribution is 7.92. The Hall–Kier alpha value is -2.41. The summed E-state index contributed by atoms with van der Waals surface area (Å²) in [5.41, 5.74) is 2.78. The van der Waals surface area contributed by atoms with Gasteiger partial charge in [0.05, 0.1) is 11.9 Å². The Kier molecular flexibility index (Phi) is 5.47. The van der Waals surface area contributed by atoms with Crippen LogP contribution in [-0.4, -0.2) is 26.6 Å². The maximum absolute atomic E-state index is 13.0. The number of hydrogen-bond donors (Lipinski definition) is 1. The van der Waals surface area contributed by atoms with Crippen molar-refractivity contribution >= 4 is 27.3 Å². The number of rotatable bonds is 5. The molecule has 1 amide bonds. The van der Waals surface area contributed by atoms with Crippen molar-refractivity contribution in [1.82, 2.24) is 0 Å². The molecule has 2 aromatic carbocycles. The lowest BCUT2D eigenvalue weighted by atomic mass is 10.1. The maximum Gasteiger partial charge on any atom is 0.247 e. The quantitative estimate of drug-likeness (QED) is 0.886. The molecule has 1 unspecified atom stereocenters. The van der Waals surface area contributed by atoms with Crippen molar-refractivity contribution in [2.45, 2.75) is 26.8 Å². The number of halogens is 1. The van der Waals surface area contributed by atoms with Crippen LogP contribution >= 0.6 is 0 Å². The number of sulfonamides is 1. The summed E-state index contributed by atoms with van der Waals surface area (Å²) < 4.78 is 38.6. The van der Waals surface area contributed by atoms with E-state index in [9.17, 15) is 17.6 Å². The first kappa shape index (κ1) is 18.9. The molecule has 2 rings (SSSR count). The first-order valence-electron chi connectivity index (χ1n) is 7.72. The molecule has 7 heteroatoms. The zero-order valence-electron chi connectivity index (χ0n) is 14.6. The summed E-state index contributed by atoms with van der Waals surface area (Å²) in [4.78, 5) is 12.5. The number of carbonyl (C=O) groups excluding carboxylic acids is 1. The Morgan fingerprint density at radius 1 is 1.08 bits per heavy atom. The fourth-order valence-corrected chi connectivity index (χ4v) is 3.62. The van der Waals surface area contributed by atoms with Gasteiger partial charge < -0.3 is 5.32 Å². The molecule has 0 heterocycles. The molecule has 0 saturated carbocycles. The lowest BCUT2D eigenvalue weighted by Gasteiger charge is -2.28. The molecule has 5 nitrogen and oxygen atoms in total. The highest BCUT2D eigenvalue weighted by Gasteiger charge is 2.29. The van der Waals surface area contributed by atoms with Crippen molar-refractivity contribution in [2.75, 3.05) is 15.9 Å². The van der Waals surface area contributed by atoms with Crippen molar-refractivity contribution < 1.29 is 17.6 Å². The topological polar surface area (TPSA) is 66.5 Å². The molecule has 0 spiro atoms. The van der Waals surface area contributed by atoms with E-state index in [0.29, 0.717) is 11.4 Å². The van der Waals surface area contributed by atoms with E-state index in [1.807, 2.05) is 19.9 Å². The zero-order valence-corrected chi connectivity index (χ0v) is 15.4.